The van der Waals surface area contributed by atoms with Crippen LogP contribution in [0.1, 0.15) is 37.0 Å². The summed E-state index contributed by atoms with van der Waals surface area (Å²) in [7, 11) is 0. The van der Waals surface area contributed by atoms with Crippen molar-refractivity contribution in [1.82, 2.24) is 0 Å². The van der Waals surface area contributed by atoms with Gasteiger partial charge >= 0.3 is 5.97 Å². The molecule has 0 fully saturated rings. The van der Waals surface area contributed by atoms with Crippen molar-refractivity contribution >= 4 is 12.0 Å². The van der Waals surface area contributed by atoms with Crippen LogP contribution < -0.4 is 0 Å². The molecule has 120 valence electrons. The number of ether oxygens (including phenoxy) is 1. The predicted octanol–water partition coefficient (Wildman–Crippen LogP) is 4.83. The molecule has 0 unspecified atom stereocenters. The van der Waals surface area contributed by atoms with Crippen LogP contribution >= 0.6 is 0 Å². The second kappa shape index (κ2) is 8.94. The van der Waals surface area contributed by atoms with E-state index in [1.807, 2.05) is 18.2 Å². The summed E-state index contributed by atoms with van der Waals surface area (Å²) in [5.41, 5.74) is 4.88. The SMILES string of the molecule is CCCc1ccccc1C=C(COC(C)=O)Cc1ccccc1. The molecule has 2 rings (SSSR count). The predicted molar refractivity (Wildman–Crippen MR) is 95.2 cm³/mol. The van der Waals surface area contributed by atoms with Gasteiger partial charge in [-0.15, -0.1) is 0 Å². The lowest BCUT2D eigenvalue weighted by molar-refractivity contribution is -0.139. The fourth-order valence-corrected chi connectivity index (χ4v) is 2.59. The molecule has 2 aromatic rings. The molecule has 0 spiro atoms. The zero-order valence-corrected chi connectivity index (χ0v) is 13.9. The van der Waals surface area contributed by atoms with Crippen molar-refractivity contribution in [3.63, 3.8) is 0 Å². The van der Waals surface area contributed by atoms with Crippen LogP contribution in [-0.4, -0.2) is 12.6 Å². The molecule has 0 amide bonds. The van der Waals surface area contributed by atoms with Crippen LogP contribution in [0.25, 0.3) is 6.08 Å². The van der Waals surface area contributed by atoms with E-state index in [1.165, 1.54) is 23.6 Å². The first-order valence-corrected chi connectivity index (χ1v) is 8.13. The number of carbonyl (C=O) groups is 1. The second-order valence-electron chi connectivity index (χ2n) is 5.69. The van der Waals surface area contributed by atoms with Crippen LogP contribution in [-0.2, 0) is 22.4 Å². The van der Waals surface area contributed by atoms with Crippen molar-refractivity contribution in [1.29, 1.82) is 0 Å². The van der Waals surface area contributed by atoms with E-state index in [9.17, 15) is 4.79 Å². The van der Waals surface area contributed by atoms with Gasteiger partial charge in [-0.2, -0.15) is 0 Å². The zero-order chi connectivity index (χ0) is 16.5. The molecule has 0 radical (unpaired) electrons. The summed E-state index contributed by atoms with van der Waals surface area (Å²) in [5, 5.41) is 0. The van der Waals surface area contributed by atoms with Gasteiger partial charge in [-0.25, -0.2) is 0 Å². The largest absolute Gasteiger partial charge is 0.461 e. The Hall–Kier alpha value is -2.35. The second-order valence-corrected chi connectivity index (χ2v) is 5.69. The summed E-state index contributed by atoms with van der Waals surface area (Å²) in [6, 6.07) is 18.7. The van der Waals surface area contributed by atoms with Gasteiger partial charge in [-0.05, 0) is 35.1 Å². The van der Waals surface area contributed by atoms with E-state index in [4.69, 9.17) is 4.74 Å². The lowest BCUT2D eigenvalue weighted by atomic mass is 9.98. The van der Waals surface area contributed by atoms with Crippen LogP contribution in [0.15, 0.2) is 60.2 Å². The first-order chi connectivity index (χ1) is 11.2. The summed E-state index contributed by atoms with van der Waals surface area (Å²) >= 11 is 0. The molecule has 0 N–H and O–H groups in total. The van der Waals surface area contributed by atoms with Crippen LogP contribution in [0.4, 0.5) is 0 Å². The van der Waals surface area contributed by atoms with Gasteiger partial charge in [0.15, 0.2) is 0 Å². The Morgan fingerprint density at radius 1 is 1.04 bits per heavy atom. The lowest BCUT2D eigenvalue weighted by Crippen LogP contribution is -2.06. The Kier molecular flexibility index (Phi) is 6.61. The molecule has 0 saturated carbocycles. The topological polar surface area (TPSA) is 26.3 Å². The molecule has 0 saturated heterocycles. The molecule has 2 heteroatoms. The molecule has 2 nitrogen and oxygen atoms in total. The molecule has 0 bridgehead atoms. The third-order valence-corrected chi connectivity index (χ3v) is 3.67. The van der Waals surface area contributed by atoms with E-state index in [1.54, 1.807) is 0 Å². The molecule has 0 aliphatic rings. The molecular formula is C21H24O2. The molecule has 23 heavy (non-hydrogen) atoms. The zero-order valence-electron chi connectivity index (χ0n) is 13.9. The average molecular weight is 308 g/mol. The van der Waals surface area contributed by atoms with Gasteiger partial charge in [0.25, 0.3) is 0 Å². The van der Waals surface area contributed by atoms with Gasteiger partial charge < -0.3 is 4.74 Å². The summed E-state index contributed by atoms with van der Waals surface area (Å²) in [6.07, 6.45) is 5.12. The summed E-state index contributed by atoms with van der Waals surface area (Å²) in [5.74, 6) is -0.245. The van der Waals surface area contributed by atoms with Gasteiger partial charge in [-0.3, -0.25) is 4.79 Å². The molecule has 2 aromatic carbocycles. The van der Waals surface area contributed by atoms with E-state index in [-0.39, 0.29) is 5.97 Å². The maximum Gasteiger partial charge on any atom is 0.302 e. The first-order valence-electron chi connectivity index (χ1n) is 8.13. The number of aryl methyl sites for hydroxylation is 1. The summed E-state index contributed by atoms with van der Waals surface area (Å²) in [4.78, 5) is 11.2. The number of rotatable bonds is 7. The first kappa shape index (κ1) is 17.0. The highest BCUT2D eigenvalue weighted by Crippen LogP contribution is 2.18. The molecular weight excluding hydrogens is 284 g/mol. The number of carbonyl (C=O) groups excluding carboxylic acids is 1. The van der Waals surface area contributed by atoms with Gasteiger partial charge in [0.2, 0.25) is 0 Å². The van der Waals surface area contributed by atoms with Crippen LogP contribution in [0.5, 0.6) is 0 Å². The molecule has 0 aliphatic carbocycles. The highest BCUT2D eigenvalue weighted by molar-refractivity contribution is 5.66. The standard InChI is InChI=1S/C21H24O2/c1-3-9-20-12-7-8-13-21(20)15-19(16-23-17(2)22)14-18-10-5-4-6-11-18/h4-8,10-13,15H,3,9,14,16H2,1-2H3. The van der Waals surface area contributed by atoms with Crippen LogP contribution in [0.3, 0.4) is 0 Å². The molecule has 0 atom stereocenters. The lowest BCUT2D eigenvalue weighted by Gasteiger charge is -2.11. The normalized spacial score (nSPS) is 11.3. The molecule has 0 aliphatic heterocycles. The van der Waals surface area contributed by atoms with E-state index >= 15 is 0 Å². The smallest absolute Gasteiger partial charge is 0.302 e. The fraction of sp³-hybridized carbons (Fsp3) is 0.286. The van der Waals surface area contributed by atoms with Crippen molar-refractivity contribution in [2.75, 3.05) is 6.61 Å². The Labute approximate surface area is 138 Å². The van der Waals surface area contributed by atoms with E-state index in [2.05, 4.69) is 49.4 Å². The van der Waals surface area contributed by atoms with Crippen LogP contribution in [0, 0.1) is 0 Å². The quantitative estimate of drug-likeness (QED) is 0.685. The highest BCUT2D eigenvalue weighted by Gasteiger charge is 2.05. The van der Waals surface area contributed by atoms with Crippen molar-refractivity contribution in [3.05, 3.63) is 76.9 Å². The van der Waals surface area contributed by atoms with Gasteiger partial charge in [-0.1, -0.05) is 74.0 Å². The van der Waals surface area contributed by atoms with Gasteiger partial charge in [0, 0.05) is 6.92 Å². The number of hydrogen-bond acceptors (Lipinski definition) is 2. The Balaban J connectivity index is 2.26. The fourth-order valence-electron chi connectivity index (χ4n) is 2.59. The summed E-state index contributed by atoms with van der Waals surface area (Å²) < 4.78 is 5.24. The van der Waals surface area contributed by atoms with Crippen molar-refractivity contribution < 1.29 is 9.53 Å². The monoisotopic (exact) mass is 308 g/mol. The number of hydrogen-bond donors (Lipinski definition) is 0. The Morgan fingerprint density at radius 2 is 1.74 bits per heavy atom. The third kappa shape index (κ3) is 5.74. The minimum Gasteiger partial charge on any atom is -0.461 e. The van der Waals surface area contributed by atoms with Crippen molar-refractivity contribution in [3.8, 4) is 0 Å². The maximum absolute atomic E-state index is 11.2. The number of benzene rings is 2. The maximum atomic E-state index is 11.2. The van der Waals surface area contributed by atoms with E-state index in [0.717, 1.165) is 24.8 Å². The van der Waals surface area contributed by atoms with Crippen LogP contribution in [0.2, 0.25) is 0 Å². The minimum atomic E-state index is -0.245. The number of esters is 1. The molecule has 0 aromatic heterocycles. The average Bonchev–Trinajstić information content (AvgIpc) is 2.55. The molecule has 0 heterocycles. The third-order valence-electron chi connectivity index (χ3n) is 3.67. The highest BCUT2D eigenvalue weighted by atomic mass is 16.5. The van der Waals surface area contributed by atoms with Gasteiger partial charge in [0.05, 0.1) is 0 Å². The van der Waals surface area contributed by atoms with E-state index in [0.29, 0.717) is 6.61 Å². The Morgan fingerprint density at radius 3 is 2.43 bits per heavy atom. The Bertz CT molecular complexity index is 657. The van der Waals surface area contributed by atoms with Crippen molar-refractivity contribution in [2.24, 2.45) is 0 Å². The minimum absolute atomic E-state index is 0.245. The van der Waals surface area contributed by atoms with E-state index < -0.39 is 0 Å². The van der Waals surface area contributed by atoms with Gasteiger partial charge in [0.1, 0.15) is 6.61 Å². The summed E-state index contributed by atoms with van der Waals surface area (Å²) in [6.45, 7) is 3.97. The van der Waals surface area contributed by atoms with Crippen molar-refractivity contribution in [2.45, 2.75) is 33.1 Å².